The van der Waals surface area contributed by atoms with Gasteiger partial charge in [-0.1, -0.05) is 12.8 Å². The van der Waals surface area contributed by atoms with Crippen LogP contribution in [0.2, 0.25) is 0 Å². The van der Waals surface area contributed by atoms with E-state index >= 15 is 0 Å². The van der Waals surface area contributed by atoms with E-state index in [2.05, 4.69) is 5.32 Å². The molecule has 0 bridgehead atoms. The van der Waals surface area contributed by atoms with E-state index in [0.29, 0.717) is 11.3 Å². The number of rotatable bonds is 3. The maximum atomic E-state index is 12.8. The highest BCUT2D eigenvalue weighted by Gasteiger charge is 2.20. The van der Waals surface area contributed by atoms with Crippen LogP contribution in [-0.2, 0) is 11.0 Å². The van der Waals surface area contributed by atoms with E-state index < -0.39 is 11.0 Å². The average molecular weight is 334 g/mol. The first kappa shape index (κ1) is 16.2. The predicted molar refractivity (Wildman–Crippen MR) is 90.8 cm³/mol. The molecule has 1 N–H and O–H groups in total. The fourth-order valence-corrected chi connectivity index (χ4v) is 4.29. The van der Waals surface area contributed by atoms with Gasteiger partial charge in [-0.25, -0.2) is 8.51 Å². The van der Waals surface area contributed by atoms with Crippen molar-refractivity contribution in [2.45, 2.75) is 37.5 Å². The van der Waals surface area contributed by atoms with Crippen LogP contribution in [0, 0.1) is 6.92 Å². The lowest BCUT2D eigenvalue weighted by atomic mass is 10.1. The first-order valence-corrected chi connectivity index (χ1v) is 9.14. The van der Waals surface area contributed by atoms with E-state index in [1.54, 1.807) is 13.1 Å². The molecule has 0 aliphatic carbocycles. The molecule has 1 unspecified atom stereocenters. The molecule has 1 aliphatic heterocycles. The van der Waals surface area contributed by atoms with Gasteiger partial charge in [-0.05, 0) is 38.0 Å². The van der Waals surface area contributed by atoms with Crippen LogP contribution in [0.15, 0.2) is 27.5 Å². The molecule has 0 saturated carbocycles. The molecule has 6 heteroatoms. The summed E-state index contributed by atoms with van der Waals surface area (Å²) in [7, 11) is 0.421. The van der Waals surface area contributed by atoms with Crippen LogP contribution in [0.1, 0.15) is 41.8 Å². The Hall–Kier alpha value is -1.66. The van der Waals surface area contributed by atoms with Crippen molar-refractivity contribution in [2.75, 3.05) is 20.1 Å². The maximum Gasteiger partial charge on any atom is 0.287 e. The van der Waals surface area contributed by atoms with Gasteiger partial charge in [0.2, 0.25) is 0 Å². The van der Waals surface area contributed by atoms with Crippen LogP contribution in [0.5, 0.6) is 0 Å². The molecular formula is C17H22N2O3S. The van der Waals surface area contributed by atoms with Gasteiger partial charge < -0.3 is 9.73 Å². The molecule has 3 rings (SSSR count). The van der Waals surface area contributed by atoms with Crippen molar-refractivity contribution in [1.82, 2.24) is 9.62 Å². The molecule has 124 valence electrons. The van der Waals surface area contributed by atoms with Crippen LogP contribution < -0.4 is 5.32 Å². The summed E-state index contributed by atoms with van der Waals surface area (Å²) in [6, 6.07) is 5.53. The Morgan fingerprint density at radius 1 is 1.22 bits per heavy atom. The number of amides is 1. The van der Waals surface area contributed by atoms with Gasteiger partial charge in [0.25, 0.3) is 5.91 Å². The SMILES string of the molecule is CNC(=O)c1oc2ccc(S(=O)N3CCCCCC3)cc2c1C. The van der Waals surface area contributed by atoms with Gasteiger partial charge >= 0.3 is 0 Å². The summed E-state index contributed by atoms with van der Waals surface area (Å²) in [5, 5.41) is 3.43. The summed E-state index contributed by atoms with van der Waals surface area (Å²) < 4.78 is 20.5. The molecule has 2 aromatic rings. The Morgan fingerprint density at radius 2 is 1.91 bits per heavy atom. The molecule has 1 fully saturated rings. The molecule has 1 aliphatic rings. The fraction of sp³-hybridized carbons (Fsp3) is 0.471. The molecule has 5 nitrogen and oxygen atoms in total. The number of aryl methyl sites for hydroxylation is 1. The predicted octanol–water partition coefficient (Wildman–Crippen LogP) is 3.00. The summed E-state index contributed by atoms with van der Waals surface area (Å²) in [6.45, 7) is 3.60. The molecular weight excluding hydrogens is 312 g/mol. The molecule has 1 aromatic carbocycles. The molecule has 0 spiro atoms. The second-order valence-corrected chi connectivity index (χ2v) is 7.37. The number of benzene rings is 1. The average Bonchev–Trinajstić information content (AvgIpc) is 2.76. The largest absolute Gasteiger partial charge is 0.451 e. The van der Waals surface area contributed by atoms with Crippen LogP contribution in [0.4, 0.5) is 0 Å². The van der Waals surface area contributed by atoms with Crippen molar-refractivity contribution in [3.8, 4) is 0 Å². The molecule has 23 heavy (non-hydrogen) atoms. The fourth-order valence-electron chi connectivity index (χ4n) is 3.00. The lowest BCUT2D eigenvalue weighted by molar-refractivity contribution is 0.0937. The highest BCUT2D eigenvalue weighted by atomic mass is 32.2. The van der Waals surface area contributed by atoms with Gasteiger partial charge in [0, 0.05) is 31.1 Å². The van der Waals surface area contributed by atoms with E-state index in [4.69, 9.17) is 4.42 Å². The summed E-state index contributed by atoms with van der Waals surface area (Å²) in [5.74, 6) is 0.0779. The minimum atomic E-state index is -1.16. The van der Waals surface area contributed by atoms with Gasteiger partial charge in [0.1, 0.15) is 16.6 Å². The molecule has 1 aromatic heterocycles. The summed E-state index contributed by atoms with van der Waals surface area (Å²) in [4.78, 5) is 12.6. The van der Waals surface area contributed by atoms with Gasteiger partial charge in [0.05, 0.1) is 4.90 Å². The number of hydrogen-bond acceptors (Lipinski definition) is 3. The highest BCUT2D eigenvalue weighted by Crippen LogP contribution is 2.28. The number of carbonyl (C=O) groups is 1. The number of hydrogen-bond donors (Lipinski definition) is 1. The minimum Gasteiger partial charge on any atom is -0.451 e. The zero-order chi connectivity index (χ0) is 16.4. The van der Waals surface area contributed by atoms with Gasteiger partial charge in [0.15, 0.2) is 5.76 Å². The Morgan fingerprint density at radius 3 is 2.57 bits per heavy atom. The smallest absolute Gasteiger partial charge is 0.287 e. The van der Waals surface area contributed by atoms with Crippen LogP contribution in [-0.4, -0.2) is 34.6 Å². The second kappa shape index (κ2) is 6.84. The molecule has 2 heterocycles. The third-order valence-electron chi connectivity index (χ3n) is 4.34. The Balaban J connectivity index is 1.94. The lowest BCUT2D eigenvalue weighted by Crippen LogP contribution is -2.27. The van der Waals surface area contributed by atoms with Gasteiger partial charge in [-0.3, -0.25) is 4.79 Å². The number of nitrogens with zero attached hydrogens (tertiary/aromatic N) is 1. The minimum absolute atomic E-state index is 0.242. The number of carbonyl (C=O) groups excluding carboxylic acids is 1. The Labute approximate surface area is 138 Å². The van der Waals surface area contributed by atoms with Crippen LogP contribution in [0.3, 0.4) is 0 Å². The molecule has 1 atom stereocenters. The Bertz CT molecular complexity index is 746. The van der Waals surface area contributed by atoms with E-state index in [9.17, 15) is 9.00 Å². The number of nitrogens with one attached hydrogen (secondary N) is 1. The number of fused-ring (bicyclic) bond motifs is 1. The molecule has 0 radical (unpaired) electrons. The van der Waals surface area contributed by atoms with Crippen molar-refractivity contribution in [1.29, 1.82) is 0 Å². The van der Waals surface area contributed by atoms with E-state index in [-0.39, 0.29) is 5.91 Å². The lowest BCUT2D eigenvalue weighted by Gasteiger charge is -2.18. The second-order valence-electron chi connectivity index (χ2n) is 5.89. The van der Waals surface area contributed by atoms with E-state index in [0.717, 1.165) is 41.8 Å². The van der Waals surface area contributed by atoms with E-state index in [1.165, 1.54) is 12.8 Å². The van der Waals surface area contributed by atoms with Gasteiger partial charge in [-0.2, -0.15) is 0 Å². The van der Waals surface area contributed by atoms with Crippen molar-refractivity contribution in [3.63, 3.8) is 0 Å². The Kier molecular flexibility index (Phi) is 4.82. The van der Waals surface area contributed by atoms with Crippen molar-refractivity contribution in [3.05, 3.63) is 29.5 Å². The summed E-state index contributed by atoms with van der Waals surface area (Å²) >= 11 is 0. The normalized spacial score (nSPS) is 17.8. The van der Waals surface area contributed by atoms with Crippen molar-refractivity contribution in [2.24, 2.45) is 0 Å². The molecule has 1 saturated heterocycles. The molecule has 1 amide bonds. The van der Waals surface area contributed by atoms with Gasteiger partial charge in [-0.15, -0.1) is 0 Å². The summed E-state index contributed by atoms with van der Waals surface area (Å²) in [6.07, 6.45) is 4.62. The highest BCUT2D eigenvalue weighted by molar-refractivity contribution is 7.82. The monoisotopic (exact) mass is 334 g/mol. The summed E-state index contributed by atoms with van der Waals surface area (Å²) in [5.41, 5.74) is 1.44. The zero-order valence-corrected chi connectivity index (χ0v) is 14.4. The first-order chi connectivity index (χ1) is 11.1. The standard InChI is InChI=1S/C17H22N2O3S/c1-12-14-11-13(23(21)19-9-5-3-4-6-10-19)7-8-15(14)22-16(12)17(20)18-2/h7-8,11H,3-6,9-10H2,1-2H3,(H,18,20). The van der Waals surface area contributed by atoms with Crippen molar-refractivity contribution < 1.29 is 13.4 Å². The third kappa shape index (κ3) is 3.19. The number of furan rings is 1. The zero-order valence-electron chi connectivity index (χ0n) is 13.6. The van der Waals surface area contributed by atoms with E-state index in [1.807, 2.05) is 23.4 Å². The van der Waals surface area contributed by atoms with Crippen LogP contribution in [0.25, 0.3) is 11.0 Å². The first-order valence-electron chi connectivity index (χ1n) is 8.04. The topological polar surface area (TPSA) is 62.6 Å². The van der Waals surface area contributed by atoms with Crippen molar-refractivity contribution >= 4 is 27.9 Å². The third-order valence-corrected chi connectivity index (χ3v) is 5.83. The quantitative estimate of drug-likeness (QED) is 0.938. The maximum absolute atomic E-state index is 12.8. The van der Waals surface area contributed by atoms with Crippen LogP contribution >= 0.6 is 0 Å².